The van der Waals surface area contributed by atoms with E-state index in [2.05, 4.69) is 5.32 Å². The molecule has 1 aromatic carbocycles. The van der Waals surface area contributed by atoms with Gasteiger partial charge in [0.1, 0.15) is 9.84 Å². The van der Waals surface area contributed by atoms with Crippen LogP contribution in [0.5, 0.6) is 0 Å². The fourth-order valence-electron chi connectivity index (χ4n) is 1.47. The van der Waals surface area contributed by atoms with Crippen LogP contribution in [0.3, 0.4) is 0 Å². The fraction of sp³-hybridized carbons (Fsp3) is 0.417. The highest BCUT2D eigenvalue weighted by Gasteiger charge is 2.16. The summed E-state index contributed by atoms with van der Waals surface area (Å²) in [6.45, 7) is 1.89. The van der Waals surface area contributed by atoms with Gasteiger partial charge in [-0.05, 0) is 25.5 Å². The quantitative estimate of drug-likeness (QED) is 0.733. The molecule has 2 amide bonds. The molecule has 0 radical (unpaired) electrons. The third kappa shape index (κ3) is 6.58. The Morgan fingerprint density at radius 1 is 1.10 bits per heavy atom. The van der Waals surface area contributed by atoms with Crippen molar-refractivity contribution in [2.24, 2.45) is 0 Å². The molecule has 2 N–H and O–H groups in total. The SMILES string of the molecule is Cc1ccc(S(=O)(=O)NC(=O)NCCCS(C)(=O)=O)cc1. The van der Waals surface area contributed by atoms with Crippen LogP contribution in [0.2, 0.25) is 0 Å². The Hall–Kier alpha value is -1.61. The predicted octanol–water partition coefficient (Wildman–Crippen LogP) is 0.418. The summed E-state index contributed by atoms with van der Waals surface area (Å²) in [5.74, 6) is -0.0714. The molecule has 0 aliphatic carbocycles. The lowest BCUT2D eigenvalue weighted by Gasteiger charge is -2.08. The standard InChI is InChI=1S/C12H18N2O5S2/c1-10-4-6-11(7-5-10)21(18,19)14-12(15)13-8-3-9-20(2,16)17/h4-7H,3,8-9H2,1-2H3,(H2,13,14,15). The minimum atomic E-state index is -3.92. The number of amides is 2. The van der Waals surface area contributed by atoms with Gasteiger partial charge in [0, 0.05) is 12.8 Å². The second-order valence-corrected chi connectivity index (χ2v) is 8.60. The summed E-state index contributed by atoms with van der Waals surface area (Å²) in [6.07, 6.45) is 1.31. The molecular formula is C12H18N2O5S2. The lowest BCUT2D eigenvalue weighted by Crippen LogP contribution is -2.40. The summed E-state index contributed by atoms with van der Waals surface area (Å²) in [5.41, 5.74) is 0.902. The van der Waals surface area contributed by atoms with Gasteiger partial charge in [-0.25, -0.2) is 26.4 Å². The van der Waals surface area contributed by atoms with E-state index in [1.807, 2.05) is 11.6 Å². The van der Waals surface area contributed by atoms with Crippen molar-refractivity contribution < 1.29 is 21.6 Å². The number of aryl methyl sites for hydroxylation is 1. The number of rotatable bonds is 6. The largest absolute Gasteiger partial charge is 0.337 e. The Labute approximate surface area is 124 Å². The van der Waals surface area contributed by atoms with Crippen molar-refractivity contribution in [3.8, 4) is 0 Å². The van der Waals surface area contributed by atoms with Crippen molar-refractivity contribution in [1.29, 1.82) is 0 Å². The molecular weight excluding hydrogens is 316 g/mol. The Morgan fingerprint density at radius 3 is 2.19 bits per heavy atom. The zero-order valence-corrected chi connectivity index (χ0v) is 13.4. The first-order valence-corrected chi connectivity index (χ1v) is 9.69. The monoisotopic (exact) mass is 334 g/mol. The van der Waals surface area contributed by atoms with Crippen molar-refractivity contribution in [1.82, 2.24) is 10.0 Å². The molecule has 0 atom stereocenters. The maximum atomic E-state index is 11.9. The van der Waals surface area contributed by atoms with Gasteiger partial charge in [-0.15, -0.1) is 0 Å². The first-order chi connectivity index (χ1) is 9.60. The van der Waals surface area contributed by atoms with Crippen LogP contribution in [0.4, 0.5) is 4.79 Å². The van der Waals surface area contributed by atoms with Crippen LogP contribution in [-0.4, -0.2) is 41.4 Å². The molecule has 7 nitrogen and oxygen atoms in total. The number of carbonyl (C=O) groups is 1. The molecule has 0 bridgehead atoms. The van der Waals surface area contributed by atoms with Gasteiger partial charge in [0.2, 0.25) is 0 Å². The highest BCUT2D eigenvalue weighted by molar-refractivity contribution is 7.90. The molecule has 0 heterocycles. The predicted molar refractivity (Wildman–Crippen MR) is 79.2 cm³/mol. The van der Waals surface area contributed by atoms with Gasteiger partial charge in [-0.2, -0.15) is 0 Å². The Balaban J connectivity index is 2.52. The molecule has 0 aliphatic heterocycles. The van der Waals surface area contributed by atoms with E-state index in [1.54, 1.807) is 12.1 Å². The zero-order valence-electron chi connectivity index (χ0n) is 11.8. The molecule has 1 aromatic rings. The molecule has 118 valence electrons. The second-order valence-electron chi connectivity index (χ2n) is 4.66. The van der Waals surface area contributed by atoms with E-state index in [-0.39, 0.29) is 23.6 Å². The highest BCUT2D eigenvalue weighted by atomic mass is 32.2. The normalized spacial score (nSPS) is 11.9. The van der Waals surface area contributed by atoms with Crippen molar-refractivity contribution in [3.63, 3.8) is 0 Å². The Kier molecular flexibility index (Phi) is 5.73. The van der Waals surface area contributed by atoms with Crippen LogP contribution in [0.15, 0.2) is 29.2 Å². The van der Waals surface area contributed by atoms with Crippen LogP contribution < -0.4 is 10.0 Å². The number of carbonyl (C=O) groups excluding carboxylic acids is 1. The van der Waals surface area contributed by atoms with Gasteiger partial charge in [0.05, 0.1) is 10.6 Å². The molecule has 0 aliphatic rings. The topological polar surface area (TPSA) is 109 Å². The van der Waals surface area contributed by atoms with E-state index >= 15 is 0 Å². The first kappa shape index (κ1) is 17.4. The molecule has 0 fully saturated rings. The summed E-state index contributed by atoms with van der Waals surface area (Å²) in [6, 6.07) is 5.16. The van der Waals surface area contributed by atoms with Crippen molar-refractivity contribution >= 4 is 25.9 Å². The molecule has 21 heavy (non-hydrogen) atoms. The fourth-order valence-corrected chi connectivity index (χ4v) is 3.07. The van der Waals surface area contributed by atoms with Gasteiger partial charge in [0.25, 0.3) is 10.0 Å². The third-order valence-corrected chi connectivity index (χ3v) is 4.91. The lowest BCUT2D eigenvalue weighted by molar-refractivity contribution is 0.246. The summed E-state index contributed by atoms with van der Waals surface area (Å²) in [5, 5.41) is 2.30. The van der Waals surface area contributed by atoms with E-state index in [0.717, 1.165) is 11.8 Å². The number of benzene rings is 1. The summed E-state index contributed by atoms with van der Waals surface area (Å²) in [7, 11) is -7.02. The van der Waals surface area contributed by atoms with Crippen molar-refractivity contribution in [2.45, 2.75) is 18.2 Å². The van der Waals surface area contributed by atoms with E-state index in [9.17, 15) is 21.6 Å². The second kappa shape index (κ2) is 6.90. The third-order valence-electron chi connectivity index (χ3n) is 2.54. The average molecular weight is 334 g/mol. The van der Waals surface area contributed by atoms with E-state index in [0.29, 0.717) is 0 Å². The maximum absolute atomic E-state index is 11.9. The smallest absolute Gasteiger partial charge is 0.328 e. The molecule has 0 aromatic heterocycles. The summed E-state index contributed by atoms with van der Waals surface area (Å²) in [4.78, 5) is 11.5. The van der Waals surface area contributed by atoms with E-state index < -0.39 is 25.9 Å². The first-order valence-electron chi connectivity index (χ1n) is 6.15. The number of sulfonamides is 1. The Morgan fingerprint density at radius 2 is 1.67 bits per heavy atom. The number of sulfone groups is 1. The molecule has 0 saturated heterocycles. The zero-order chi connectivity index (χ0) is 16.1. The Bertz CT molecular complexity index is 694. The molecule has 0 spiro atoms. The molecule has 0 unspecified atom stereocenters. The van der Waals surface area contributed by atoms with Crippen molar-refractivity contribution in [2.75, 3.05) is 18.6 Å². The van der Waals surface area contributed by atoms with Crippen molar-refractivity contribution in [3.05, 3.63) is 29.8 Å². The minimum Gasteiger partial charge on any atom is -0.337 e. The number of urea groups is 1. The summed E-state index contributed by atoms with van der Waals surface area (Å²) < 4.78 is 47.4. The van der Waals surface area contributed by atoms with Gasteiger partial charge < -0.3 is 5.32 Å². The van der Waals surface area contributed by atoms with Gasteiger partial charge in [-0.1, -0.05) is 17.7 Å². The number of hydrogen-bond acceptors (Lipinski definition) is 5. The maximum Gasteiger partial charge on any atom is 0.328 e. The van der Waals surface area contributed by atoms with E-state index in [4.69, 9.17) is 0 Å². The van der Waals surface area contributed by atoms with Crippen LogP contribution in [0.1, 0.15) is 12.0 Å². The van der Waals surface area contributed by atoms with Gasteiger partial charge in [-0.3, -0.25) is 0 Å². The van der Waals surface area contributed by atoms with Crippen LogP contribution in [-0.2, 0) is 19.9 Å². The van der Waals surface area contributed by atoms with E-state index in [1.165, 1.54) is 12.1 Å². The van der Waals surface area contributed by atoms with Crippen LogP contribution in [0, 0.1) is 6.92 Å². The van der Waals surface area contributed by atoms with Gasteiger partial charge in [0.15, 0.2) is 0 Å². The summed E-state index contributed by atoms with van der Waals surface area (Å²) >= 11 is 0. The highest BCUT2D eigenvalue weighted by Crippen LogP contribution is 2.09. The minimum absolute atomic E-state index is 0.0145. The lowest BCUT2D eigenvalue weighted by atomic mass is 10.2. The molecule has 0 saturated carbocycles. The van der Waals surface area contributed by atoms with Crippen LogP contribution >= 0.6 is 0 Å². The van der Waals surface area contributed by atoms with Crippen LogP contribution in [0.25, 0.3) is 0 Å². The average Bonchev–Trinajstić information content (AvgIpc) is 2.33. The number of hydrogen-bond donors (Lipinski definition) is 2. The molecule has 1 rings (SSSR count). The molecule has 9 heteroatoms. The van der Waals surface area contributed by atoms with Gasteiger partial charge >= 0.3 is 6.03 Å². The number of nitrogens with one attached hydrogen (secondary N) is 2.